The normalized spacial score (nSPS) is 18.6. The van der Waals surface area contributed by atoms with E-state index in [-0.39, 0.29) is 5.60 Å². The summed E-state index contributed by atoms with van der Waals surface area (Å²) >= 11 is 0. The van der Waals surface area contributed by atoms with E-state index in [1.54, 1.807) is 7.11 Å². The van der Waals surface area contributed by atoms with E-state index >= 15 is 0 Å². The lowest BCUT2D eigenvalue weighted by atomic mass is 9.95. The van der Waals surface area contributed by atoms with Crippen molar-refractivity contribution in [2.75, 3.05) is 13.8 Å². The number of rotatable bonds is 2. The monoisotopic (exact) mass is 220 g/mol. The molecule has 0 saturated heterocycles. The number of hydrogen-bond donors (Lipinski definition) is 1. The van der Waals surface area contributed by atoms with Crippen molar-refractivity contribution in [2.24, 2.45) is 5.10 Å². The molecule has 0 saturated carbocycles. The summed E-state index contributed by atoms with van der Waals surface area (Å²) < 4.78 is 10.8. The highest BCUT2D eigenvalue weighted by Crippen LogP contribution is 2.22. The molecule has 1 aromatic carbocycles. The van der Waals surface area contributed by atoms with Crippen molar-refractivity contribution in [2.45, 2.75) is 19.4 Å². The molecule has 0 fully saturated rings. The minimum absolute atomic E-state index is 0.377. The lowest BCUT2D eigenvalue weighted by Gasteiger charge is -2.31. The smallest absolute Gasteiger partial charge is 0.133 e. The van der Waals surface area contributed by atoms with Gasteiger partial charge in [0.15, 0.2) is 0 Å². The third-order valence-electron chi connectivity index (χ3n) is 2.60. The first-order chi connectivity index (χ1) is 7.63. The summed E-state index contributed by atoms with van der Waals surface area (Å²) in [6.45, 7) is 4.46. The fraction of sp³-hybridized carbons (Fsp3) is 0.417. The molecule has 86 valence electrons. The van der Waals surface area contributed by atoms with Gasteiger partial charge in [0.25, 0.3) is 0 Å². The number of nitrogens with one attached hydrogen (secondary N) is 1. The highest BCUT2D eigenvalue weighted by molar-refractivity contribution is 6.06. The third kappa shape index (κ3) is 2.02. The van der Waals surface area contributed by atoms with Gasteiger partial charge in [-0.25, -0.2) is 0 Å². The van der Waals surface area contributed by atoms with E-state index in [1.807, 2.05) is 38.1 Å². The molecule has 1 aromatic rings. The summed E-state index contributed by atoms with van der Waals surface area (Å²) in [4.78, 5) is 0. The summed E-state index contributed by atoms with van der Waals surface area (Å²) in [6.07, 6.45) is 0. The highest BCUT2D eigenvalue weighted by atomic mass is 16.5. The zero-order valence-corrected chi connectivity index (χ0v) is 9.78. The molecule has 0 amide bonds. The molecule has 1 heterocycles. The average Bonchev–Trinajstić information content (AvgIpc) is 2.28. The third-order valence-corrected chi connectivity index (χ3v) is 2.60. The molecule has 0 spiro atoms. The molecule has 4 heteroatoms. The second-order valence-corrected chi connectivity index (χ2v) is 4.15. The Morgan fingerprint density at radius 1 is 1.44 bits per heavy atom. The van der Waals surface area contributed by atoms with Crippen LogP contribution in [-0.2, 0) is 4.74 Å². The standard InChI is InChI=1S/C12H16N2O2/c1-12(2)11(14-13-8-16-12)9-5-4-6-10(7-9)15-3/h4-7,13H,8H2,1-3H3. The fourth-order valence-corrected chi connectivity index (χ4v) is 1.71. The van der Waals surface area contributed by atoms with Gasteiger partial charge in [0.05, 0.1) is 12.8 Å². The van der Waals surface area contributed by atoms with Gasteiger partial charge in [-0.1, -0.05) is 12.1 Å². The van der Waals surface area contributed by atoms with Gasteiger partial charge in [0.1, 0.15) is 18.1 Å². The van der Waals surface area contributed by atoms with E-state index in [0.29, 0.717) is 6.73 Å². The minimum atomic E-state index is -0.377. The van der Waals surface area contributed by atoms with Crippen LogP contribution in [-0.4, -0.2) is 25.2 Å². The van der Waals surface area contributed by atoms with Crippen LogP contribution < -0.4 is 10.2 Å². The van der Waals surface area contributed by atoms with Crippen molar-refractivity contribution in [3.05, 3.63) is 29.8 Å². The van der Waals surface area contributed by atoms with Gasteiger partial charge in [-0.2, -0.15) is 5.10 Å². The maximum atomic E-state index is 5.62. The van der Waals surface area contributed by atoms with Gasteiger partial charge in [0.2, 0.25) is 0 Å². The first-order valence-electron chi connectivity index (χ1n) is 5.23. The minimum Gasteiger partial charge on any atom is -0.497 e. The summed E-state index contributed by atoms with van der Waals surface area (Å²) in [5.74, 6) is 0.821. The maximum absolute atomic E-state index is 5.62. The van der Waals surface area contributed by atoms with Crippen LogP contribution in [0.25, 0.3) is 0 Å². The van der Waals surface area contributed by atoms with Gasteiger partial charge in [0, 0.05) is 5.56 Å². The molecule has 0 unspecified atom stereocenters. The van der Waals surface area contributed by atoms with Crippen molar-refractivity contribution in [3.63, 3.8) is 0 Å². The molecular weight excluding hydrogens is 204 g/mol. The number of hydrazone groups is 1. The zero-order chi connectivity index (χ0) is 11.6. The SMILES string of the molecule is COc1cccc(C2=NNCOC2(C)C)c1. The van der Waals surface area contributed by atoms with Crippen molar-refractivity contribution in [1.29, 1.82) is 0 Å². The molecule has 0 aromatic heterocycles. The van der Waals surface area contributed by atoms with E-state index in [0.717, 1.165) is 17.0 Å². The predicted molar refractivity (Wildman–Crippen MR) is 62.7 cm³/mol. The van der Waals surface area contributed by atoms with Crippen LogP contribution in [0.2, 0.25) is 0 Å². The first-order valence-corrected chi connectivity index (χ1v) is 5.23. The van der Waals surface area contributed by atoms with Crippen LogP contribution in [0.1, 0.15) is 19.4 Å². The molecule has 4 nitrogen and oxygen atoms in total. The molecule has 0 aliphatic carbocycles. The summed E-state index contributed by atoms with van der Waals surface area (Å²) in [6, 6.07) is 7.81. The Morgan fingerprint density at radius 2 is 2.25 bits per heavy atom. The van der Waals surface area contributed by atoms with Gasteiger partial charge in [-0.05, 0) is 26.0 Å². The lowest BCUT2D eigenvalue weighted by molar-refractivity contribution is 0.0117. The van der Waals surface area contributed by atoms with Crippen molar-refractivity contribution in [3.8, 4) is 5.75 Å². The molecule has 1 aliphatic heterocycles. The number of ether oxygens (including phenoxy) is 2. The van der Waals surface area contributed by atoms with Crippen LogP contribution in [0, 0.1) is 0 Å². The second-order valence-electron chi connectivity index (χ2n) is 4.15. The van der Waals surface area contributed by atoms with E-state index in [1.165, 1.54) is 0 Å². The van der Waals surface area contributed by atoms with Crippen molar-refractivity contribution < 1.29 is 9.47 Å². The van der Waals surface area contributed by atoms with Crippen LogP contribution in [0.3, 0.4) is 0 Å². The van der Waals surface area contributed by atoms with Gasteiger partial charge in [-0.3, -0.25) is 5.43 Å². The number of benzene rings is 1. The number of methoxy groups -OCH3 is 1. The Kier molecular flexibility index (Phi) is 2.83. The lowest BCUT2D eigenvalue weighted by Crippen LogP contribution is -2.43. The largest absolute Gasteiger partial charge is 0.497 e. The first kappa shape index (κ1) is 11.0. The highest BCUT2D eigenvalue weighted by Gasteiger charge is 2.30. The van der Waals surface area contributed by atoms with Gasteiger partial charge < -0.3 is 9.47 Å². The fourth-order valence-electron chi connectivity index (χ4n) is 1.71. The van der Waals surface area contributed by atoms with Crippen LogP contribution in [0.4, 0.5) is 0 Å². The Balaban J connectivity index is 2.39. The Hall–Kier alpha value is -1.55. The van der Waals surface area contributed by atoms with Crippen molar-refractivity contribution >= 4 is 5.71 Å². The summed E-state index contributed by atoms with van der Waals surface area (Å²) in [5.41, 5.74) is 4.37. The molecule has 1 N–H and O–H groups in total. The van der Waals surface area contributed by atoms with E-state index in [4.69, 9.17) is 9.47 Å². The molecule has 0 atom stereocenters. The predicted octanol–water partition coefficient (Wildman–Crippen LogP) is 1.76. The Bertz CT molecular complexity index is 413. The maximum Gasteiger partial charge on any atom is 0.133 e. The molecule has 0 bridgehead atoms. The average molecular weight is 220 g/mol. The van der Waals surface area contributed by atoms with Crippen LogP contribution in [0.15, 0.2) is 29.4 Å². The second kappa shape index (κ2) is 4.14. The van der Waals surface area contributed by atoms with Gasteiger partial charge >= 0.3 is 0 Å². The quantitative estimate of drug-likeness (QED) is 0.825. The van der Waals surface area contributed by atoms with Gasteiger partial charge in [-0.15, -0.1) is 0 Å². The molecule has 2 rings (SSSR count). The number of hydrogen-bond acceptors (Lipinski definition) is 4. The van der Waals surface area contributed by atoms with E-state index in [9.17, 15) is 0 Å². The number of nitrogens with zero attached hydrogens (tertiary/aromatic N) is 1. The molecule has 0 radical (unpaired) electrons. The molecular formula is C12H16N2O2. The zero-order valence-electron chi connectivity index (χ0n) is 9.78. The van der Waals surface area contributed by atoms with Crippen molar-refractivity contribution in [1.82, 2.24) is 5.43 Å². The summed E-state index contributed by atoms with van der Waals surface area (Å²) in [7, 11) is 1.65. The van der Waals surface area contributed by atoms with E-state index < -0.39 is 0 Å². The molecule has 1 aliphatic rings. The Labute approximate surface area is 95.3 Å². The van der Waals surface area contributed by atoms with Crippen LogP contribution in [0.5, 0.6) is 5.75 Å². The Morgan fingerprint density at radius 3 is 2.94 bits per heavy atom. The molecule has 16 heavy (non-hydrogen) atoms. The summed E-state index contributed by atoms with van der Waals surface area (Å²) in [5, 5.41) is 4.31. The topological polar surface area (TPSA) is 42.8 Å². The van der Waals surface area contributed by atoms with E-state index in [2.05, 4.69) is 10.5 Å². The van der Waals surface area contributed by atoms with Crippen LogP contribution >= 0.6 is 0 Å².